The first kappa shape index (κ1) is 10.9. The van der Waals surface area contributed by atoms with Gasteiger partial charge in [0.25, 0.3) is 0 Å². The number of aliphatic hydroxyl groups is 1. The number of aliphatic hydroxyl groups excluding tert-OH is 1. The average molecular weight is 162 g/mol. The second-order valence-electron chi connectivity index (χ2n) is 2.48. The van der Waals surface area contributed by atoms with Gasteiger partial charge in [-0.1, -0.05) is 13.8 Å². The molecule has 3 nitrogen and oxygen atoms in total. The predicted molar refractivity (Wildman–Crippen MR) is 43.3 cm³/mol. The van der Waals surface area contributed by atoms with Gasteiger partial charge in [-0.25, -0.2) is 0 Å². The smallest absolute Gasteiger partial charge is 0.154 e. The molecule has 0 rings (SSSR count). The van der Waals surface area contributed by atoms with Crippen molar-refractivity contribution in [1.29, 1.82) is 0 Å². The van der Waals surface area contributed by atoms with Crippen LogP contribution in [-0.2, 0) is 9.47 Å². The summed E-state index contributed by atoms with van der Waals surface area (Å²) < 4.78 is 10.1. The molecule has 0 fully saturated rings. The van der Waals surface area contributed by atoms with E-state index in [0.29, 0.717) is 13.0 Å². The molecule has 11 heavy (non-hydrogen) atoms. The van der Waals surface area contributed by atoms with Gasteiger partial charge >= 0.3 is 0 Å². The van der Waals surface area contributed by atoms with E-state index in [9.17, 15) is 0 Å². The first-order chi connectivity index (χ1) is 5.24. The van der Waals surface area contributed by atoms with Crippen molar-refractivity contribution in [2.45, 2.75) is 39.1 Å². The molecule has 0 aromatic heterocycles. The number of methoxy groups -OCH3 is 1. The summed E-state index contributed by atoms with van der Waals surface area (Å²) >= 11 is 0. The molecule has 0 aromatic rings. The van der Waals surface area contributed by atoms with Crippen LogP contribution in [0, 0.1) is 0 Å². The lowest BCUT2D eigenvalue weighted by Crippen LogP contribution is -2.24. The normalized spacial score (nSPS) is 16.4. The molecule has 0 heterocycles. The van der Waals surface area contributed by atoms with E-state index in [1.807, 2.05) is 13.8 Å². The topological polar surface area (TPSA) is 38.7 Å². The minimum atomic E-state index is -0.643. The Kier molecular flexibility index (Phi) is 6.51. The van der Waals surface area contributed by atoms with E-state index in [-0.39, 0.29) is 6.10 Å². The summed E-state index contributed by atoms with van der Waals surface area (Å²) in [4.78, 5) is 0. The van der Waals surface area contributed by atoms with Gasteiger partial charge in [0.1, 0.15) is 0 Å². The van der Waals surface area contributed by atoms with Gasteiger partial charge in [0.2, 0.25) is 0 Å². The predicted octanol–water partition coefficient (Wildman–Crippen LogP) is 1.16. The van der Waals surface area contributed by atoms with E-state index in [1.54, 1.807) is 7.11 Å². The van der Waals surface area contributed by atoms with Crippen LogP contribution < -0.4 is 0 Å². The van der Waals surface area contributed by atoms with Crippen molar-refractivity contribution >= 4 is 0 Å². The quantitative estimate of drug-likeness (QED) is 0.595. The standard InChI is InChI=1S/C8H18O3/c1-4-7(6-10-3)11-8(9)5-2/h7-9H,4-6H2,1-3H3. The van der Waals surface area contributed by atoms with Crippen molar-refractivity contribution < 1.29 is 14.6 Å². The van der Waals surface area contributed by atoms with Crippen LogP contribution in [0.2, 0.25) is 0 Å². The fourth-order valence-electron chi connectivity index (χ4n) is 0.758. The summed E-state index contributed by atoms with van der Waals surface area (Å²) in [7, 11) is 1.63. The SMILES string of the molecule is CCC(O)OC(CC)COC. The largest absolute Gasteiger partial charge is 0.382 e. The second kappa shape index (κ2) is 6.58. The number of hydrogen-bond donors (Lipinski definition) is 1. The lowest BCUT2D eigenvalue weighted by molar-refractivity contribution is -0.150. The van der Waals surface area contributed by atoms with Crippen molar-refractivity contribution in [3.63, 3.8) is 0 Å². The van der Waals surface area contributed by atoms with E-state index in [2.05, 4.69) is 0 Å². The molecule has 0 aliphatic carbocycles. The van der Waals surface area contributed by atoms with E-state index in [0.717, 1.165) is 6.42 Å². The first-order valence-electron chi connectivity index (χ1n) is 4.07. The lowest BCUT2D eigenvalue weighted by Gasteiger charge is -2.18. The highest BCUT2D eigenvalue weighted by Gasteiger charge is 2.10. The van der Waals surface area contributed by atoms with Crippen molar-refractivity contribution in [3.8, 4) is 0 Å². The Morgan fingerprint density at radius 1 is 1.27 bits per heavy atom. The Morgan fingerprint density at radius 3 is 2.27 bits per heavy atom. The van der Waals surface area contributed by atoms with Gasteiger partial charge in [-0.3, -0.25) is 0 Å². The molecule has 0 bridgehead atoms. The molecule has 1 N–H and O–H groups in total. The number of rotatable bonds is 6. The maximum atomic E-state index is 9.11. The molecular weight excluding hydrogens is 144 g/mol. The molecule has 68 valence electrons. The van der Waals surface area contributed by atoms with E-state index >= 15 is 0 Å². The molecule has 3 heteroatoms. The van der Waals surface area contributed by atoms with Crippen molar-refractivity contribution in [2.24, 2.45) is 0 Å². The molecule has 2 unspecified atom stereocenters. The molecule has 0 amide bonds. The summed E-state index contributed by atoms with van der Waals surface area (Å²) in [5.41, 5.74) is 0. The molecule has 0 radical (unpaired) electrons. The highest BCUT2D eigenvalue weighted by atomic mass is 16.6. The molecule has 0 aliphatic heterocycles. The fraction of sp³-hybridized carbons (Fsp3) is 1.00. The third kappa shape index (κ3) is 5.18. The van der Waals surface area contributed by atoms with Gasteiger partial charge < -0.3 is 14.6 Å². The van der Waals surface area contributed by atoms with Crippen LogP contribution in [0.15, 0.2) is 0 Å². The molecular formula is C8H18O3. The van der Waals surface area contributed by atoms with Crippen molar-refractivity contribution in [1.82, 2.24) is 0 Å². The molecule has 2 atom stereocenters. The summed E-state index contributed by atoms with van der Waals surface area (Å²) in [6.07, 6.45) is 0.871. The lowest BCUT2D eigenvalue weighted by atomic mass is 10.3. The minimum absolute atomic E-state index is 0.0231. The average Bonchev–Trinajstić information content (AvgIpc) is 2.03. The van der Waals surface area contributed by atoms with Crippen LogP contribution in [0.25, 0.3) is 0 Å². The van der Waals surface area contributed by atoms with Crippen LogP contribution >= 0.6 is 0 Å². The summed E-state index contributed by atoms with van der Waals surface area (Å²) in [5, 5.41) is 9.11. The third-order valence-electron chi connectivity index (χ3n) is 1.51. The van der Waals surface area contributed by atoms with Gasteiger partial charge in [0.05, 0.1) is 12.7 Å². The van der Waals surface area contributed by atoms with Crippen LogP contribution in [0.3, 0.4) is 0 Å². The van der Waals surface area contributed by atoms with E-state index in [4.69, 9.17) is 14.6 Å². The monoisotopic (exact) mass is 162 g/mol. The summed E-state index contributed by atoms with van der Waals surface area (Å²) in [6, 6.07) is 0. The Hall–Kier alpha value is -0.120. The van der Waals surface area contributed by atoms with Crippen LogP contribution in [0.4, 0.5) is 0 Å². The van der Waals surface area contributed by atoms with Gasteiger partial charge in [-0.15, -0.1) is 0 Å². The van der Waals surface area contributed by atoms with Crippen molar-refractivity contribution in [3.05, 3.63) is 0 Å². The van der Waals surface area contributed by atoms with Gasteiger partial charge in [-0.2, -0.15) is 0 Å². The van der Waals surface area contributed by atoms with Gasteiger partial charge in [-0.05, 0) is 12.8 Å². The Balaban J connectivity index is 3.49. The molecule has 0 saturated heterocycles. The van der Waals surface area contributed by atoms with E-state index in [1.165, 1.54) is 0 Å². The van der Waals surface area contributed by atoms with Crippen LogP contribution in [0.5, 0.6) is 0 Å². The highest BCUT2D eigenvalue weighted by Crippen LogP contribution is 2.03. The minimum Gasteiger partial charge on any atom is -0.382 e. The zero-order valence-electron chi connectivity index (χ0n) is 7.54. The summed E-state index contributed by atoms with van der Waals surface area (Å²) in [6.45, 7) is 4.43. The van der Waals surface area contributed by atoms with Gasteiger partial charge in [0, 0.05) is 7.11 Å². The Labute approximate surface area is 68.3 Å². The zero-order valence-corrected chi connectivity index (χ0v) is 7.54. The number of ether oxygens (including phenoxy) is 2. The van der Waals surface area contributed by atoms with Crippen LogP contribution in [-0.4, -0.2) is 31.2 Å². The molecule has 0 aliphatic rings. The molecule has 0 spiro atoms. The second-order valence-corrected chi connectivity index (χ2v) is 2.48. The van der Waals surface area contributed by atoms with Crippen molar-refractivity contribution in [2.75, 3.05) is 13.7 Å². The van der Waals surface area contributed by atoms with Crippen LogP contribution in [0.1, 0.15) is 26.7 Å². The molecule has 0 aromatic carbocycles. The Bertz CT molecular complexity index is 85.4. The summed E-state index contributed by atoms with van der Waals surface area (Å²) in [5.74, 6) is 0. The zero-order chi connectivity index (χ0) is 8.69. The highest BCUT2D eigenvalue weighted by molar-refractivity contribution is 4.53. The van der Waals surface area contributed by atoms with Gasteiger partial charge in [0.15, 0.2) is 6.29 Å². The maximum absolute atomic E-state index is 9.11. The molecule has 0 saturated carbocycles. The number of hydrogen-bond acceptors (Lipinski definition) is 3. The van der Waals surface area contributed by atoms with E-state index < -0.39 is 6.29 Å². The Morgan fingerprint density at radius 2 is 1.91 bits per heavy atom. The fourth-order valence-corrected chi connectivity index (χ4v) is 0.758. The maximum Gasteiger partial charge on any atom is 0.154 e. The third-order valence-corrected chi connectivity index (χ3v) is 1.51. The first-order valence-corrected chi connectivity index (χ1v) is 4.07.